The van der Waals surface area contributed by atoms with Gasteiger partial charge < -0.3 is 5.11 Å². The van der Waals surface area contributed by atoms with Crippen LogP contribution in [0.3, 0.4) is 0 Å². The monoisotopic (exact) mass is 230 g/mol. The number of halogens is 3. The van der Waals surface area contributed by atoms with Gasteiger partial charge in [-0.25, -0.2) is 9.97 Å². The highest BCUT2D eigenvalue weighted by atomic mass is 19.4. The molecule has 1 rings (SSSR count). The average molecular weight is 230 g/mol. The fraction of sp³-hybridized carbons (Fsp3) is 0.400. The molecule has 0 spiro atoms. The van der Waals surface area contributed by atoms with Crippen LogP contribution in [0.5, 0.6) is 0 Å². The van der Waals surface area contributed by atoms with Gasteiger partial charge in [-0.15, -0.1) is 0 Å². The maximum atomic E-state index is 12.3. The third-order valence-electron chi connectivity index (χ3n) is 1.43. The van der Waals surface area contributed by atoms with Crippen molar-refractivity contribution in [1.29, 1.82) is 0 Å². The smallest absolute Gasteiger partial charge is 0.378 e. The van der Waals surface area contributed by atoms with Gasteiger partial charge in [-0.2, -0.15) is 13.2 Å². The van der Waals surface area contributed by atoms with Crippen molar-refractivity contribution in [2.45, 2.75) is 25.6 Å². The molecule has 0 atom stereocenters. The molecule has 0 bridgehead atoms. The molecule has 0 radical (unpaired) electrons. The highest BCUT2D eigenvalue weighted by Crippen LogP contribution is 2.26. The summed E-state index contributed by atoms with van der Waals surface area (Å²) in [5.74, 6) is 4.34. The Labute approximate surface area is 90.4 Å². The molecule has 6 heteroatoms. The predicted molar refractivity (Wildman–Crippen MR) is 50.2 cm³/mol. The summed E-state index contributed by atoms with van der Waals surface area (Å²) in [4.78, 5) is 6.79. The second-order valence-electron chi connectivity index (χ2n) is 3.57. The van der Waals surface area contributed by atoms with E-state index in [-0.39, 0.29) is 5.82 Å². The van der Waals surface area contributed by atoms with E-state index >= 15 is 0 Å². The molecule has 0 aliphatic heterocycles. The Balaban J connectivity index is 3.04. The van der Waals surface area contributed by atoms with Crippen molar-refractivity contribution in [3.63, 3.8) is 0 Å². The molecule has 86 valence electrons. The van der Waals surface area contributed by atoms with Crippen LogP contribution in [0.4, 0.5) is 13.2 Å². The summed E-state index contributed by atoms with van der Waals surface area (Å²) < 4.78 is 36.8. The van der Waals surface area contributed by atoms with Gasteiger partial charge in [0.05, 0.1) is 0 Å². The Morgan fingerprint density at radius 1 is 1.31 bits per heavy atom. The van der Waals surface area contributed by atoms with Crippen molar-refractivity contribution in [3.05, 3.63) is 23.8 Å². The summed E-state index contributed by atoms with van der Waals surface area (Å²) in [5, 5.41) is 9.26. The van der Waals surface area contributed by atoms with Gasteiger partial charge in [-0.05, 0) is 25.8 Å². The zero-order chi connectivity index (χ0) is 12.4. The molecular formula is C10H9F3N2O. The van der Waals surface area contributed by atoms with Gasteiger partial charge in [0.15, 0.2) is 0 Å². The molecule has 0 aromatic carbocycles. The maximum Gasteiger partial charge on any atom is 0.433 e. The number of aliphatic hydroxyl groups is 1. The van der Waals surface area contributed by atoms with E-state index in [1.165, 1.54) is 13.8 Å². The highest BCUT2D eigenvalue weighted by molar-refractivity contribution is 5.25. The largest absolute Gasteiger partial charge is 0.433 e. The summed E-state index contributed by atoms with van der Waals surface area (Å²) in [6, 6.07) is 0.759. The van der Waals surface area contributed by atoms with Crippen molar-refractivity contribution < 1.29 is 18.3 Å². The van der Waals surface area contributed by atoms with Crippen molar-refractivity contribution in [2.75, 3.05) is 0 Å². The van der Waals surface area contributed by atoms with Gasteiger partial charge in [0, 0.05) is 6.20 Å². The second kappa shape index (κ2) is 4.10. The van der Waals surface area contributed by atoms with E-state index in [0.717, 1.165) is 12.3 Å². The van der Waals surface area contributed by atoms with Crippen molar-refractivity contribution in [1.82, 2.24) is 9.97 Å². The van der Waals surface area contributed by atoms with E-state index < -0.39 is 17.5 Å². The summed E-state index contributed by atoms with van der Waals surface area (Å²) in [6.07, 6.45) is -3.54. The molecule has 1 aromatic heterocycles. The molecule has 0 unspecified atom stereocenters. The number of nitrogens with zero attached hydrogens (tertiary/aromatic N) is 2. The second-order valence-corrected chi connectivity index (χ2v) is 3.57. The van der Waals surface area contributed by atoms with E-state index in [2.05, 4.69) is 21.8 Å². The van der Waals surface area contributed by atoms with Gasteiger partial charge in [0.2, 0.25) is 5.82 Å². The quantitative estimate of drug-likeness (QED) is 0.689. The van der Waals surface area contributed by atoms with Crippen LogP contribution in [0.1, 0.15) is 25.4 Å². The first-order valence-corrected chi connectivity index (χ1v) is 4.34. The zero-order valence-electron chi connectivity index (χ0n) is 8.63. The van der Waals surface area contributed by atoms with Crippen LogP contribution in [0.25, 0.3) is 0 Å². The van der Waals surface area contributed by atoms with E-state index in [1.807, 2.05) is 0 Å². The van der Waals surface area contributed by atoms with Crippen LogP contribution in [0.2, 0.25) is 0 Å². The Morgan fingerprint density at radius 3 is 2.44 bits per heavy atom. The standard InChI is InChI=1S/C10H9F3N2O/c1-9(2,16)5-3-8-14-6-4-7(15-8)10(11,12)13/h4,6,16H,1-2H3. The summed E-state index contributed by atoms with van der Waals surface area (Å²) in [5.41, 5.74) is -2.35. The van der Waals surface area contributed by atoms with Crippen LogP contribution in [-0.4, -0.2) is 20.7 Å². The number of hydrogen-bond acceptors (Lipinski definition) is 3. The first kappa shape index (κ1) is 12.5. The van der Waals surface area contributed by atoms with Crippen LogP contribution in [0.15, 0.2) is 12.3 Å². The Bertz CT molecular complexity index is 438. The van der Waals surface area contributed by atoms with Gasteiger partial charge in [0.25, 0.3) is 0 Å². The Morgan fingerprint density at radius 2 is 1.94 bits per heavy atom. The number of rotatable bonds is 0. The topological polar surface area (TPSA) is 46.0 Å². The molecular weight excluding hydrogens is 221 g/mol. The van der Waals surface area contributed by atoms with Crippen molar-refractivity contribution in [2.24, 2.45) is 0 Å². The fourth-order valence-corrected chi connectivity index (χ4v) is 0.786. The number of alkyl halides is 3. The molecule has 0 aliphatic carbocycles. The lowest BCUT2D eigenvalue weighted by molar-refractivity contribution is -0.141. The first-order valence-electron chi connectivity index (χ1n) is 4.34. The predicted octanol–water partition coefficient (Wildman–Crippen LogP) is 1.62. The minimum Gasteiger partial charge on any atom is -0.378 e. The minimum absolute atomic E-state index is 0.267. The Hall–Kier alpha value is -1.61. The molecule has 1 N–H and O–H groups in total. The lowest BCUT2D eigenvalue weighted by Crippen LogP contribution is -2.15. The molecule has 0 amide bonds. The van der Waals surface area contributed by atoms with Gasteiger partial charge >= 0.3 is 6.18 Å². The molecule has 0 saturated carbocycles. The van der Waals surface area contributed by atoms with Crippen LogP contribution >= 0.6 is 0 Å². The lowest BCUT2D eigenvalue weighted by Gasteiger charge is -2.06. The summed E-state index contributed by atoms with van der Waals surface area (Å²) in [6.45, 7) is 2.82. The van der Waals surface area contributed by atoms with Gasteiger partial charge in [0.1, 0.15) is 11.3 Å². The third-order valence-corrected chi connectivity index (χ3v) is 1.43. The molecule has 1 heterocycles. The zero-order valence-corrected chi connectivity index (χ0v) is 8.63. The molecule has 16 heavy (non-hydrogen) atoms. The summed E-state index contributed by atoms with van der Waals surface area (Å²) >= 11 is 0. The maximum absolute atomic E-state index is 12.3. The fourth-order valence-electron chi connectivity index (χ4n) is 0.786. The summed E-state index contributed by atoms with van der Waals surface area (Å²) in [7, 11) is 0. The molecule has 0 saturated heterocycles. The normalized spacial score (nSPS) is 11.9. The molecule has 1 aromatic rings. The minimum atomic E-state index is -4.52. The Kier molecular flexibility index (Phi) is 3.19. The molecule has 0 fully saturated rings. The molecule has 3 nitrogen and oxygen atoms in total. The van der Waals surface area contributed by atoms with Crippen molar-refractivity contribution >= 4 is 0 Å². The van der Waals surface area contributed by atoms with Crippen LogP contribution < -0.4 is 0 Å². The average Bonchev–Trinajstić information content (AvgIpc) is 2.13. The number of aromatic nitrogens is 2. The van der Waals surface area contributed by atoms with E-state index in [0.29, 0.717) is 0 Å². The van der Waals surface area contributed by atoms with Crippen molar-refractivity contribution in [3.8, 4) is 11.8 Å². The lowest BCUT2D eigenvalue weighted by atomic mass is 10.1. The van der Waals surface area contributed by atoms with E-state index in [4.69, 9.17) is 0 Å². The van der Waals surface area contributed by atoms with Crippen LogP contribution in [0, 0.1) is 11.8 Å². The van der Waals surface area contributed by atoms with E-state index in [1.54, 1.807) is 0 Å². The molecule has 0 aliphatic rings. The third kappa shape index (κ3) is 3.87. The van der Waals surface area contributed by atoms with Gasteiger partial charge in [-0.3, -0.25) is 0 Å². The first-order chi connectivity index (χ1) is 7.18. The number of hydrogen-bond donors (Lipinski definition) is 1. The SMILES string of the molecule is CC(C)(O)C#Cc1nccc(C(F)(F)F)n1. The van der Waals surface area contributed by atoms with E-state index in [9.17, 15) is 18.3 Å². The van der Waals surface area contributed by atoms with Gasteiger partial charge in [-0.1, -0.05) is 5.92 Å². The highest BCUT2D eigenvalue weighted by Gasteiger charge is 2.32. The van der Waals surface area contributed by atoms with Crippen LogP contribution in [-0.2, 0) is 6.18 Å².